The fourth-order valence-corrected chi connectivity index (χ4v) is 4.15. The minimum atomic E-state index is -0.186. The van der Waals surface area contributed by atoms with Gasteiger partial charge in [-0.1, -0.05) is 84.9 Å². The molecule has 0 fully saturated rings. The van der Waals surface area contributed by atoms with Crippen LogP contribution in [0.3, 0.4) is 0 Å². The molecule has 0 unspecified atom stereocenters. The van der Waals surface area contributed by atoms with Crippen LogP contribution in [0.25, 0.3) is 22.0 Å². The van der Waals surface area contributed by atoms with E-state index in [1.165, 1.54) is 0 Å². The molecule has 4 nitrogen and oxygen atoms in total. The monoisotopic (exact) mass is 430 g/mol. The van der Waals surface area contributed by atoms with Gasteiger partial charge in [-0.05, 0) is 41.0 Å². The molecule has 0 spiro atoms. The summed E-state index contributed by atoms with van der Waals surface area (Å²) < 4.78 is 0. The summed E-state index contributed by atoms with van der Waals surface area (Å²) in [5, 5.41) is 0.919. The fourth-order valence-electron chi connectivity index (χ4n) is 4.15. The molecule has 5 aromatic rings. The van der Waals surface area contributed by atoms with E-state index in [4.69, 9.17) is 0 Å². The van der Waals surface area contributed by atoms with Crippen LogP contribution >= 0.6 is 0 Å². The van der Waals surface area contributed by atoms with Gasteiger partial charge in [-0.15, -0.1) is 0 Å². The summed E-state index contributed by atoms with van der Waals surface area (Å²) in [6, 6.07) is 36.4. The Morgan fingerprint density at radius 3 is 2.15 bits per heavy atom. The zero-order valence-electron chi connectivity index (χ0n) is 17.9. The van der Waals surface area contributed by atoms with Gasteiger partial charge in [0.2, 0.25) is 5.56 Å². The molecule has 0 atom stereocenters. The maximum atomic E-state index is 14.0. The van der Waals surface area contributed by atoms with E-state index < -0.39 is 0 Å². The minimum absolute atomic E-state index is 0.120. The third-order valence-corrected chi connectivity index (χ3v) is 5.72. The molecule has 1 aromatic heterocycles. The van der Waals surface area contributed by atoms with Crippen molar-refractivity contribution in [2.75, 3.05) is 4.90 Å². The van der Waals surface area contributed by atoms with Gasteiger partial charge in [0.25, 0.3) is 5.91 Å². The number of nitrogens with one attached hydrogen (secondary N) is 1. The third kappa shape index (κ3) is 4.19. The summed E-state index contributed by atoms with van der Waals surface area (Å²) >= 11 is 0. The number of para-hydroxylation sites is 2. The summed E-state index contributed by atoms with van der Waals surface area (Å²) in [4.78, 5) is 31.0. The lowest BCUT2D eigenvalue weighted by atomic mass is 9.98. The zero-order valence-corrected chi connectivity index (χ0v) is 17.9. The van der Waals surface area contributed by atoms with Gasteiger partial charge in [-0.25, -0.2) is 0 Å². The van der Waals surface area contributed by atoms with Crippen LogP contribution < -0.4 is 10.5 Å². The maximum Gasteiger partial charge on any atom is 0.259 e. The zero-order chi connectivity index (χ0) is 22.6. The van der Waals surface area contributed by atoms with Crippen LogP contribution in [0, 0.1) is 0 Å². The third-order valence-electron chi connectivity index (χ3n) is 5.72. The molecule has 1 N–H and O–H groups in total. The SMILES string of the molecule is O=C(c1ccccc1-c1ccccc1)N(Cc1cc(=O)[nH]c2ccccc12)c1ccccc1. The number of pyridine rings is 1. The number of carbonyl (C=O) groups excluding carboxylic acids is 1. The second-order valence-corrected chi connectivity index (χ2v) is 7.84. The van der Waals surface area contributed by atoms with Crippen molar-refractivity contribution in [3.63, 3.8) is 0 Å². The number of aromatic nitrogens is 1. The van der Waals surface area contributed by atoms with Crippen molar-refractivity contribution in [1.29, 1.82) is 0 Å². The van der Waals surface area contributed by atoms with E-state index in [0.29, 0.717) is 5.56 Å². The summed E-state index contributed by atoms with van der Waals surface area (Å²) in [7, 11) is 0. The number of hydrogen-bond donors (Lipinski definition) is 1. The number of hydrogen-bond acceptors (Lipinski definition) is 2. The van der Waals surface area contributed by atoms with Gasteiger partial charge in [-0.2, -0.15) is 0 Å². The van der Waals surface area contributed by atoms with Crippen LogP contribution in [0.2, 0.25) is 0 Å². The number of nitrogens with zero attached hydrogens (tertiary/aromatic N) is 1. The number of H-pyrrole nitrogens is 1. The van der Waals surface area contributed by atoms with Gasteiger partial charge in [0.05, 0.1) is 6.54 Å². The average molecular weight is 431 g/mol. The molecule has 0 saturated heterocycles. The Kier molecular flexibility index (Phi) is 5.56. The molecule has 0 aliphatic carbocycles. The topological polar surface area (TPSA) is 53.2 Å². The fraction of sp³-hybridized carbons (Fsp3) is 0.0345. The Hall–Kier alpha value is -4.44. The second kappa shape index (κ2) is 8.97. The Balaban J connectivity index is 1.63. The molecule has 33 heavy (non-hydrogen) atoms. The highest BCUT2D eigenvalue weighted by Gasteiger charge is 2.22. The second-order valence-electron chi connectivity index (χ2n) is 7.84. The molecule has 4 heteroatoms. The largest absolute Gasteiger partial charge is 0.322 e. The van der Waals surface area contributed by atoms with Crippen molar-refractivity contribution < 1.29 is 4.79 Å². The van der Waals surface area contributed by atoms with Gasteiger partial charge in [0.15, 0.2) is 0 Å². The molecular weight excluding hydrogens is 408 g/mol. The summed E-state index contributed by atoms with van der Waals surface area (Å²) in [5.41, 5.74) is 4.61. The Morgan fingerprint density at radius 2 is 1.36 bits per heavy atom. The van der Waals surface area contributed by atoms with Gasteiger partial charge in [-0.3, -0.25) is 9.59 Å². The lowest BCUT2D eigenvalue weighted by Gasteiger charge is -2.25. The number of rotatable bonds is 5. The predicted octanol–water partition coefficient (Wildman–Crippen LogP) is 6.04. The van der Waals surface area contributed by atoms with Gasteiger partial charge in [0, 0.05) is 28.2 Å². The van der Waals surface area contributed by atoms with Gasteiger partial charge >= 0.3 is 0 Å². The van der Waals surface area contributed by atoms with Crippen molar-refractivity contribution in [3.05, 3.63) is 137 Å². The first-order valence-corrected chi connectivity index (χ1v) is 10.8. The standard InChI is InChI=1S/C29H22N2O2/c32-28-19-22(25-16-9-10-18-27(25)30-28)20-31(23-13-5-2-6-14-23)29(33)26-17-8-7-15-24(26)21-11-3-1-4-12-21/h1-19H,20H2,(H,30,32). The normalized spacial score (nSPS) is 10.8. The molecule has 0 aliphatic heterocycles. The number of aromatic amines is 1. The van der Waals surface area contributed by atoms with E-state index in [-0.39, 0.29) is 18.0 Å². The highest BCUT2D eigenvalue weighted by Crippen LogP contribution is 2.28. The van der Waals surface area contributed by atoms with E-state index >= 15 is 0 Å². The average Bonchev–Trinajstić information content (AvgIpc) is 2.87. The number of amides is 1. The first-order chi connectivity index (χ1) is 16.2. The molecule has 0 bridgehead atoms. The highest BCUT2D eigenvalue weighted by atomic mass is 16.2. The molecule has 1 heterocycles. The van der Waals surface area contributed by atoms with Crippen LogP contribution in [-0.4, -0.2) is 10.9 Å². The van der Waals surface area contributed by atoms with Crippen LogP contribution in [0.5, 0.6) is 0 Å². The smallest absolute Gasteiger partial charge is 0.259 e. The first kappa shape index (κ1) is 20.5. The Bertz CT molecular complexity index is 1470. The van der Waals surface area contributed by atoms with Gasteiger partial charge in [0.1, 0.15) is 0 Å². The quantitative estimate of drug-likeness (QED) is 0.369. The lowest BCUT2D eigenvalue weighted by Crippen LogP contribution is -2.31. The molecule has 0 aliphatic rings. The number of carbonyl (C=O) groups is 1. The number of anilines is 1. The van der Waals surface area contributed by atoms with Crippen LogP contribution in [0.15, 0.2) is 120 Å². The lowest BCUT2D eigenvalue weighted by molar-refractivity contribution is 0.0986. The van der Waals surface area contributed by atoms with Crippen molar-refractivity contribution in [3.8, 4) is 11.1 Å². The summed E-state index contributed by atoms with van der Waals surface area (Å²) in [6.45, 7) is 0.274. The Labute approximate surface area is 191 Å². The van der Waals surface area contributed by atoms with E-state index in [1.807, 2.05) is 109 Å². The minimum Gasteiger partial charge on any atom is -0.322 e. The first-order valence-electron chi connectivity index (χ1n) is 10.8. The van der Waals surface area contributed by atoms with Crippen molar-refractivity contribution >= 4 is 22.5 Å². The van der Waals surface area contributed by atoms with Crippen LogP contribution in [0.4, 0.5) is 5.69 Å². The van der Waals surface area contributed by atoms with Crippen LogP contribution in [0.1, 0.15) is 15.9 Å². The predicted molar refractivity (Wildman–Crippen MR) is 133 cm³/mol. The molecule has 0 radical (unpaired) electrons. The van der Waals surface area contributed by atoms with Crippen molar-refractivity contribution in [1.82, 2.24) is 4.98 Å². The Morgan fingerprint density at radius 1 is 0.727 bits per heavy atom. The number of fused-ring (bicyclic) bond motifs is 1. The summed E-state index contributed by atoms with van der Waals surface area (Å²) in [6.07, 6.45) is 0. The van der Waals surface area contributed by atoms with E-state index in [0.717, 1.165) is 33.3 Å². The van der Waals surface area contributed by atoms with E-state index in [1.54, 1.807) is 11.0 Å². The molecule has 0 saturated carbocycles. The molecule has 4 aromatic carbocycles. The maximum absolute atomic E-state index is 14.0. The summed E-state index contributed by atoms with van der Waals surface area (Å²) in [5.74, 6) is -0.120. The molecular formula is C29H22N2O2. The highest BCUT2D eigenvalue weighted by molar-refractivity contribution is 6.10. The molecule has 1 amide bonds. The molecule has 5 rings (SSSR count). The van der Waals surface area contributed by atoms with Gasteiger partial charge < -0.3 is 9.88 Å². The van der Waals surface area contributed by atoms with E-state index in [9.17, 15) is 9.59 Å². The van der Waals surface area contributed by atoms with Crippen molar-refractivity contribution in [2.45, 2.75) is 6.54 Å². The van der Waals surface area contributed by atoms with Crippen molar-refractivity contribution in [2.24, 2.45) is 0 Å². The molecule has 160 valence electrons. The van der Waals surface area contributed by atoms with Crippen LogP contribution in [-0.2, 0) is 6.54 Å². The number of benzene rings is 4. The van der Waals surface area contributed by atoms with E-state index in [2.05, 4.69) is 4.98 Å².